The van der Waals surface area contributed by atoms with Crippen LogP contribution in [0.4, 0.5) is 0 Å². The lowest BCUT2D eigenvalue weighted by Crippen LogP contribution is -2.34. The van der Waals surface area contributed by atoms with Crippen LogP contribution in [0.15, 0.2) is 0 Å². The molecule has 0 saturated carbocycles. The fourth-order valence-corrected chi connectivity index (χ4v) is 1.20. The summed E-state index contributed by atoms with van der Waals surface area (Å²) in [6, 6.07) is -0.796. The molecule has 82 valence electrons. The van der Waals surface area contributed by atoms with Gasteiger partial charge in [-0.25, -0.2) is 0 Å². The summed E-state index contributed by atoms with van der Waals surface area (Å²) in [5.41, 5.74) is 0. The van der Waals surface area contributed by atoms with Crippen molar-refractivity contribution >= 4 is 5.97 Å². The van der Waals surface area contributed by atoms with Crippen molar-refractivity contribution in [3.8, 4) is 0 Å². The summed E-state index contributed by atoms with van der Waals surface area (Å²) in [4.78, 5) is 21.2. The lowest BCUT2D eigenvalue weighted by Gasteiger charge is -2.15. The summed E-state index contributed by atoms with van der Waals surface area (Å²) in [6.45, 7) is 5.12. The number of nitro groups is 1. The van der Waals surface area contributed by atoms with Crippen LogP contribution in [0, 0.1) is 10.1 Å². The van der Waals surface area contributed by atoms with Crippen molar-refractivity contribution in [2.24, 2.45) is 0 Å². The van der Waals surface area contributed by atoms with E-state index < -0.39 is 17.1 Å². The first-order valence-corrected chi connectivity index (χ1v) is 4.85. The first-order chi connectivity index (χ1) is 6.52. The van der Waals surface area contributed by atoms with Gasteiger partial charge in [0, 0.05) is 17.8 Å². The number of hydrogen-bond acceptors (Lipinski definition) is 4. The minimum atomic E-state index is -0.796. The van der Waals surface area contributed by atoms with Crippen molar-refractivity contribution in [3.63, 3.8) is 0 Å². The molecule has 0 spiro atoms. The summed E-state index contributed by atoms with van der Waals surface area (Å²) in [5, 5.41) is 10.5. The molecule has 0 saturated heterocycles. The van der Waals surface area contributed by atoms with E-state index in [9.17, 15) is 14.9 Å². The monoisotopic (exact) mass is 203 g/mol. The van der Waals surface area contributed by atoms with Crippen LogP contribution in [0.1, 0.15) is 40.0 Å². The van der Waals surface area contributed by atoms with E-state index in [4.69, 9.17) is 4.74 Å². The Balaban J connectivity index is 4.10. The second-order valence-electron chi connectivity index (χ2n) is 3.21. The predicted molar refractivity (Wildman–Crippen MR) is 51.5 cm³/mol. The highest BCUT2D eigenvalue weighted by Gasteiger charge is 2.28. The average Bonchev–Trinajstić information content (AvgIpc) is 2.04. The third-order valence-electron chi connectivity index (χ3n) is 2.00. The highest BCUT2D eigenvalue weighted by molar-refractivity contribution is 5.69. The van der Waals surface area contributed by atoms with Gasteiger partial charge in [0.2, 0.25) is 6.04 Å². The van der Waals surface area contributed by atoms with Crippen LogP contribution < -0.4 is 0 Å². The normalized spacial score (nSPS) is 14.5. The first kappa shape index (κ1) is 12.9. The molecule has 0 N–H and O–H groups in total. The van der Waals surface area contributed by atoms with Gasteiger partial charge >= 0.3 is 5.97 Å². The van der Waals surface area contributed by atoms with Crippen LogP contribution >= 0.6 is 0 Å². The highest BCUT2D eigenvalue weighted by Crippen LogP contribution is 2.08. The van der Waals surface area contributed by atoms with E-state index in [2.05, 4.69) is 0 Å². The van der Waals surface area contributed by atoms with Crippen LogP contribution in [0.3, 0.4) is 0 Å². The van der Waals surface area contributed by atoms with Crippen LogP contribution in [0.25, 0.3) is 0 Å². The summed E-state index contributed by atoms with van der Waals surface area (Å²) in [5.74, 6) is -0.361. The molecule has 0 aliphatic carbocycles. The quantitative estimate of drug-likeness (QED) is 0.375. The van der Waals surface area contributed by atoms with Gasteiger partial charge in [0.25, 0.3) is 0 Å². The van der Waals surface area contributed by atoms with Crippen molar-refractivity contribution in [1.82, 2.24) is 0 Å². The first-order valence-electron chi connectivity index (χ1n) is 4.85. The van der Waals surface area contributed by atoms with E-state index in [1.54, 1.807) is 13.8 Å². The summed E-state index contributed by atoms with van der Waals surface area (Å²) in [6.07, 6.45) is 0.737. The second kappa shape index (κ2) is 6.34. The SMILES string of the molecule is CCCC(=O)O[C@@H](C)[C@H](CC)[N+](=O)[O-]. The van der Waals surface area contributed by atoms with E-state index in [0.29, 0.717) is 19.3 Å². The van der Waals surface area contributed by atoms with Crippen molar-refractivity contribution in [2.45, 2.75) is 52.2 Å². The predicted octanol–water partition coefficient (Wildman–Crippen LogP) is 1.77. The lowest BCUT2D eigenvalue weighted by atomic mass is 10.1. The number of carbonyl (C=O) groups excluding carboxylic acids is 1. The minimum absolute atomic E-state index is 0.318. The maximum atomic E-state index is 11.1. The smallest absolute Gasteiger partial charge is 0.306 e. The molecule has 5 heteroatoms. The highest BCUT2D eigenvalue weighted by atomic mass is 16.6. The van der Waals surface area contributed by atoms with Gasteiger partial charge in [0.15, 0.2) is 6.10 Å². The number of ether oxygens (including phenoxy) is 1. The fourth-order valence-electron chi connectivity index (χ4n) is 1.20. The van der Waals surface area contributed by atoms with Crippen molar-refractivity contribution < 1.29 is 14.5 Å². The number of esters is 1. The van der Waals surface area contributed by atoms with Gasteiger partial charge in [0.05, 0.1) is 0 Å². The summed E-state index contributed by atoms with van der Waals surface area (Å²) < 4.78 is 4.92. The van der Waals surface area contributed by atoms with E-state index in [-0.39, 0.29) is 5.97 Å². The molecule has 0 bridgehead atoms. The van der Waals surface area contributed by atoms with Crippen LogP contribution in [-0.4, -0.2) is 23.0 Å². The Labute approximate surface area is 83.6 Å². The molecule has 5 nitrogen and oxygen atoms in total. The molecule has 14 heavy (non-hydrogen) atoms. The molecular formula is C9H17NO4. The van der Waals surface area contributed by atoms with Gasteiger partial charge < -0.3 is 4.74 Å². The Morgan fingerprint density at radius 1 is 1.50 bits per heavy atom. The number of hydrogen-bond donors (Lipinski definition) is 0. The molecule has 0 rings (SSSR count). The van der Waals surface area contributed by atoms with Gasteiger partial charge in [0.1, 0.15) is 0 Å². The van der Waals surface area contributed by atoms with Gasteiger partial charge in [-0.1, -0.05) is 13.8 Å². The summed E-state index contributed by atoms with van der Waals surface area (Å²) in [7, 11) is 0. The van der Waals surface area contributed by atoms with E-state index in [0.717, 1.165) is 0 Å². The molecule has 0 aliphatic rings. The third kappa shape index (κ3) is 4.20. The Hall–Kier alpha value is -1.13. The van der Waals surface area contributed by atoms with Crippen LogP contribution in [0.2, 0.25) is 0 Å². The average molecular weight is 203 g/mol. The van der Waals surface area contributed by atoms with Crippen molar-refractivity contribution in [3.05, 3.63) is 10.1 Å². The minimum Gasteiger partial charge on any atom is -0.455 e. The third-order valence-corrected chi connectivity index (χ3v) is 2.00. The number of rotatable bonds is 6. The van der Waals surface area contributed by atoms with E-state index in [1.807, 2.05) is 6.92 Å². The van der Waals surface area contributed by atoms with Gasteiger partial charge in [-0.05, 0) is 13.3 Å². The lowest BCUT2D eigenvalue weighted by molar-refractivity contribution is -0.533. The zero-order valence-electron chi connectivity index (χ0n) is 8.86. The molecule has 0 aromatic carbocycles. The Morgan fingerprint density at radius 3 is 2.43 bits per heavy atom. The Kier molecular flexibility index (Phi) is 5.83. The molecule has 0 amide bonds. The number of nitrogens with zero attached hydrogens (tertiary/aromatic N) is 1. The van der Waals surface area contributed by atoms with Crippen molar-refractivity contribution in [1.29, 1.82) is 0 Å². The van der Waals surface area contributed by atoms with E-state index >= 15 is 0 Å². The van der Waals surface area contributed by atoms with Gasteiger partial charge in [-0.2, -0.15) is 0 Å². The molecule has 0 aromatic heterocycles. The zero-order valence-corrected chi connectivity index (χ0v) is 8.86. The molecular weight excluding hydrogens is 186 g/mol. The van der Waals surface area contributed by atoms with Crippen molar-refractivity contribution in [2.75, 3.05) is 0 Å². The second-order valence-corrected chi connectivity index (χ2v) is 3.21. The van der Waals surface area contributed by atoms with Crippen LogP contribution in [0.5, 0.6) is 0 Å². The molecule has 2 atom stereocenters. The van der Waals surface area contributed by atoms with Crippen LogP contribution in [-0.2, 0) is 9.53 Å². The fraction of sp³-hybridized carbons (Fsp3) is 0.889. The standard InChI is InChI=1S/C9H17NO4/c1-4-6-9(11)14-7(3)8(5-2)10(12)13/h7-8H,4-6H2,1-3H3/t7-,8-/m0/s1. The maximum absolute atomic E-state index is 11.1. The van der Waals surface area contributed by atoms with Gasteiger partial charge in [-0.3, -0.25) is 14.9 Å². The molecule has 0 aliphatic heterocycles. The largest absolute Gasteiger partial charge is 0.455 e. The molecule has 0 unspecified atom stereocenters. The maximum Gasteiger partial charge on any atom is 0.306 e. The molecule has 0 aromatic rings. The Morgan fingerprint density at radius 2 is 2.07 bits per heavy atom. The summed E-state index contributed by atoms with van der Waals surface area (Å²) >= 11 is 0. The van der Waals surface area contributed by atoms with E-state index in [1.165, 1.54) is 0 Å². The Bertz CT molecular complexity index is 205. The molecule has 0 radical (unpaired) electrons. The molecule has 0 fully saturated rings. The molecule has 0 heterocycles. The number of carbonyl (C=O) groups is 1. The van der Waals surface area contributed by atoms with Gasteiger partial charge in [-0.15, -0.1) is 0 Å². The zero-order chi connectivity index (χ0) is 11.1. The topological polar surface area (TPSA) is 69.4 Å².